The van der Waals surface area contributed by atoms with Crippen molar-refractivity contribution in [3.05, 3.63) is 34.9 Å². The van der Waals surface area contributed by atoms with Crippen molar-refractivity contribution in [1.29, 1.82) is 0 Å². The van der Waals surface area contributed by atoms with Crippen LogP contribution in [-0.4, -0.2) is 49.4 Å². The highest BCUT2D eigenvalue weighted by Crippen LogP contribution is 2.10. The molecule has 2 rings (SSSR count). The van der Waals surface area contributed by atoms with Gasteiger partial charge in [0.05, 0.1) is 13.2 Å². The molecule has 1 fully saturated rings. The van der Waals surface area contributed by atoms with E-state index < -0.39 is 0 Å². The molecule has 2 N–H and O–H groups in total. The second kappa shape index (κ2) is 9.20. The molecule has 1 aromatic rings. The summed E-state index contributed by atoms with van der Waals surface area (Å²) in [5.74, 6) is 0. The van der Waals surface area contributed by atoms with Crippen molar-refractivity contribution in [1.82, 2.24) is 15.5 Å². The van der Waals surface area contributed by atoms with Gasteiger partial charge in [0.15, 0.2) is 5.11 Å². The molecule has 0 spiro atoms. The normalized spacial score (nSPS) is 15.7. The van der Waals surface area contributed by atoms with Crippen molar-refractivity contribution in [2.24, 2.45) is 0 Å². The van der Waals surface area contributed by atoms with Gasteiger partial charge in [0.25, 0.3) is 0 Å². The Labute approximate surface area is 136 Å². The summed E-state index contributed by atoms with van der Waals surface area (Å²) in [4.78, 5) is 2.42. The average Bonchev–Trinajstić information content (AvgIpc) is 2.51. The van der Waals surface area contributed by atoms with E-state index in [9.17, 15) is 0 Å². The van der Waals surface area contributed by atoms with Crippen LogP contribution >= 0.6 is 23.8 Å². The van der Waals surface area contributed by atoms with E-state index in [0.29, 0.717) is 11.7 Å². The maximum Gasteiger partial charge on any atom is 0.166 e. The number of morpholine rings is 1. The fourth-order valence-electron chi connectivity index (χ4n) is 2.22. The summed E-state index contributed by atoms with van der Waals surface area (Å²) in [5.41, 5.74) is 1.12. The second-order valence-corrected chi connectivity index (χ2v) is 5.89. The molecule has 1 aliphatic heterocycles. The van der Waals surface area contributed by atoms with Crippen LogP contribution in [0.4, 0.5) is 0 Å². The van der Waals surface area contributed by atoms with Gasteiger partial charge < -0.3 is 15.4 Å². The summed E-state index contributed by atoms with van der Waals surface area (Å²) in [6, 6.07) is 7.78. The van der Waals surface area contributed by atoms with Crippen LogP contribution in [0.15, 0.2) is 24.3 Å². The lowest BCUT2D eigenvalue weighted by atomic mass is 10.2. The molecule has 116 valence electrons. The fourth-order valence-corrected chi connectivity index (χ4v) is 2.61. The van der Waals surface area contributed by atoms with Gasteiger partial charge in [-0.1, -0.05) is 23.7 Å². The Morgan fingerprint density at radius 3 is 2.86 bits per heavy atom. The van der Waals surface area contributed by atoms with Gasteiger partial charge in [-0.25, -0.2) is 0 Å². The Morgan fingerprint density at radius 2 is 2.10 bits per heavy atom. The summed E-state index contributed by atoms with van der Waals surface area (Å²) in [6.07, 6.45) is 1.08. The van der Waals surface area contributed by atoms with Crippen molar-refractivity contribution in [3.8, 4) is 0 Å². The van der Waals surface area contributed by atoms with E-state index in [1.54, 1.807) is 0 Å². The zero-order chi connectivity index (χ0) is 14.9. The molecule has 0 amide bonds. The topological polar surface area (TPSA) is 36.5 Å². The van der Waals surface area contributed by atoms with Gasteiger partial charge in [-0.15, -0.1) is 0 Å². The summed E-state index contributed by atoms with van der Waals surface area (Å²) < 4.78 is 5.33. The van der Waals surface area contributed by atoms with Crippen molar-refractivity contribution in [2.75, 3.05) is 39.4 Å². The van der Waals surface area contributed by atoms with Crippen LogP contribution in [-0.2, 0) is 11.3 Å². The number of hydrogen-bond donors (Lipinski definition) is 2. The van der Waals surface area contributed by atoms with Gasteiger partial charge >= 0.3 is 0 Å². The molecule has 0 bridgehead atoms. The van der Waals surface area contributed by atoms with E-state index in [1.165, 1.54) is 0 Å². The molecule has 1 heterocycles. The molecule has 0 atom stereocenters. The maximum absolute atomic E-state index is 5.95. The van der Waals surface area contributed by atoms with Crippen molar-refractivity contribution in [3.63, 3.8) is 0 Å². The number of ether oxygens (including phenoxy) is 1. The Kier molecular flexibility index (Phi) is 7.23. The number of halogens is 1. The largest absolute Gasteiger partial charge is 0.379 e. The van der Waals surface area contributed by atoms with Crippen molar-refractivity contribution < 1.29 is 4.74 Å². The molecule has 4 nitrogen and oxygen atoms in total. The molecule has 0 radical (unpaired) electrons. The number of nitrogens with one attached hydrogen (secondary N) is 2. The third kappa shape index (κ3) is 6.61. The van der Waals surface area contributed by atoms with Gasteiger partial charge in [-0.2, -0.15) is 0 Å². The molecule has 1 saturated heterocycles. The molecule has 0 aromatic heterocycles. The highest BCUT2D eigenvalue weighted by molar-refractivity contribution is 7.80. The number of thiocarbonyl (C=S) groups is 1. The highest BCUT2D eigenvalue weighted by atomic mass is 35.5. The minimum Gasteiger partial charge on any atom is -0.379 e. The Morgan fingerprint density at radius 1 is 1.29 bits per heavy atom. The number of hydrogen-bond acceptors (Lipinski definition) is 3. The Hall–Kier alpha value is -0.880. The SMILES string of the molecule is S=C(NCCCN1CCOCC1)NCc1cccc(Cl)c1. The molecule has 0 saturated carbocycles. The zero-order valence-corrected chi connectivity index (χ0v) is 13.7. The third-order valence-corrected chi connectivity index (χ3v) is 3.91. The predicted octanol–water partition coefficient (Wildman–Crippen LogP) is 2.03. The highest BCUT2D eigenvalue weighted by Gasteiger charge is 2.09. The predicted molar refractivity (Wildman–Crippen MR) is 90.8 cm³/mol. The van der Waals surface area contributed by atoms with Crippen LogP contribution in [0.2, 0.25) is 5.02 Å². The molecule has 21 heavy (non-hydrogen) atoms. The molecule has 1 aromatic carbocycles. The lowest BCUT2D eigenvalue weighted by molar-refractivity contribution is 0.0376. The van der Waals surface area contributed by atoms with Gasteiger partial charge in [0, 0.05) is 31.2 Å². The van der Waals surface area contributed by atoms with Crippen molar-refractivity contribution >= 4 is 28.9 Å². The molecular formula is C15H22ClN3OS. The Bertz CT molecular complexity index is 452. The third-order valence-electron chi connectivity index (χ3n) is 3.38. The first kappa shape index (κ1) is 16.5. The smallest absolute Gasteiger partial charge is 0.166 e. The number of nitrogens with zero attached hydrogens (tertiary/aromatic N) is 1. The summed E-state index contributed by atoms with van der Waals surface area (Å²) in [6.45, 7) is 6.46. The van der Waals surface area contributed by atoms with Gasteiger partial charge in [-0.3, -0.25) is 4.90 Å². The first-order valence-electron chi connectivity index (χ1n) is 7.30. The van der Waals surface area contributed by atoms with E-state index in [4.69, 9.17) is 28.6 Å². The van der Waals surface area contributed by atoms with E-state index in [1.807, 2.05) is 24.3 Å². The summed E-state index contributed by atoms with van der Waals surface area (Å²) in [5, 5.41) is 7.87. The average molecular weight is 328 g/mol. The van der Waals surface area contributed by atoms with Gasteiger partial charge in [0.2, 0.25) is 0 Å². The first-order chi connectivity index (χ1) is 10.2. The van der Waals surface area contributed by atoms with E-state index in [-0.39, 0.29) is 0 Å². The van der Waals surface area contributed by atoms with Crippen LogP contribution in [0.3, 0.4) is 0 Å². The fraction of sp³-hybridized carbons (Fsp3) is 0.533. The first-order valence-corrected chi connectivity index (χ1v) is 8.09. The number of benzene rings is 1. The quantitative estimate of drug-likeness (QED) is 0.617. The summed E-state index contributed by atoms with van der Waals surface area (Å²) >= 11 is 11.2. The molecule has 6 heteroatoms. The standard InChI is InChI=1S/C15H22ClN3OS/c16-14-4-1-3-13(11-14)12-18-15(21)17-5-2-6-19-7-9-20-10-8-19/h1,3-4,11H,2,5-10,12H2,(H2,17,18,21). The Balaban J connectivity index is 1.55. The minimum absolute atomic E-state index is 0.690. The second-order valence-electron chi connectivity index (χ2n) is 5.05. The van der Waals surface area contributed by atoms with Crippen LogP contribution in [0.25, 0.3) is 0 Å². The van der Waals surface area contributed by atoms with Crippen LogP contribution < -0.4 is 10.6 Å². The van der Waals surface area contributed by atoms with E-state index in [0.717, 1.165) is 56.4 Å². The molecular weight excluding hydrogens is 306 g/mol. The van der Waals surface area contributed by atoms with Gasteiger partial charge in [-0.05, 0) is 42.9 Å². The lowest BCUT2D eigenvalue weighted by Crippen LogP contribution is -2.39. The van der Waals surface area contributed by atoms with Gasteiger partial charge in [0.1, 0.15) is 0 Å². The minimum atomic E-state index is 0.690. The molecule has 0 aliphatic carbocycles. The monoisotopic (exact) mass is 327 g/mol. The van der Waals surface area contributed by atoms with Crippen LogP contribution in [0.5, 0.6) is 0 Å². The maximum atomic E-state index is 5.95. The van der Waals surface area contributed by atoms with Crippen LogP contribution in [0.1, 0.15) is 12.0 Å². The zero-order valence-electron chi connectivity index (χ0n) is 12.1. The lowest BCUT2D eigenvalue weighted by Gasteiger charge is -2.26. The van der Waals surface area contributed by atoms with E-state index >= 15 is 0 Å². The van der Waals surface area contributed by atoms with E-state index in [2.05, 4.69) is 15.5 Å². The number of rotatable bonds is 6. The summed E-state index contributed by atoms with van der Waals surface area (Å²) in [7, 11) is 0. The molecule has 1 aliphatic rings. The van der Waals surface area contributed by atoms with Crippen molar-refractivity contribution in [2.45, 2.75) is 13.0 Å². The van der Waals surface area contributed by atoms with Crippen LogP contribution in [0, 0.1) is 0 Å². The molecule has 0 unspecified atom stereocenters.